The van der Waals surface area contributed by atoms with Crippen LogP contribution in [0, 0.1) is 0 Å². The molecule has 0 saturated carbocycles. The van der Waals surface area contributed by atoms with Gasteiger partial charge in [-0.2, -0.15) is 10.1 Å². The van der Waals surface area contributed by atoms with E-state index >= 15 is 0 Å². The molecule has 2 aromatic heterocycles. The molecule has 1 N–H and O–H groups in total. The third-order valence-corrected chi connectivity index (χ3v) is 7.05. The molecule has 0 aliphatic carbocycles. The molecule has 33 heavy (non-hydrogen) atoms. The molecule has 6 rings (SSSR count). The number of hydrogen-bond acceptors (Lipinski definition) is 7. The molecule has 0 saturated heterocycles. The summed E-state index contributed by atoms with van der Waals surface area (Å²) in [6, 6.07) is 15.4. The molecule has 2 aromatic carbocycles. The fourth-order valence-corrected chi connectivity index (χ4v) is 5.41. The van der Waals surface area contributed by atoms with Gasteiger partial charge in [0, 0.05) is 21.0 Å². The van der Waals surface area contributed by atoms with E-state index < -0.39 is 0 Å². The third-order valence-electron chi connectivity index (χ3n) is 5.90. The largest absolute Gasteiger partial charge is 0.493 e. The normalized spacial score (nSPS) is 18.5. The Labute approximate surface area is 199 Å². The first-order valence-electron chi connectivity index (χ1n) is 10.3. The molecule has 166 valence electrons. The maximum absolute atomic E-state index is 6.58. The zero-order chi connectivity index (χ0) is 22.5. The van der Waals surface area contributed by atoms with E-state index in [0.717, 1.165) is 33.0 Å². The number of rotatable bonds is 4. The van der Waals surface area contributed by atoms with E-state index in [-0.39, 0.29) is 12.1 Å². The van der Waals surface area contributed by atoms with Crippen molar-refractivity contribution < 1.29 is 14.2 Å². The van der Waals surface area contributed by atoms with E-state index in [9.17, 15) is 0 Å². The van der Waals surface area contributed by atoms with Gasteiger partial charge < -0.3 is 19.5 Å². The first kappa shape index (κ1) is 20.1. The van der Waals surface area contributed by atoms with Crippen molar-refractivity contribution >= 4 is 34.6 Å². The molecule has 0 spiro atoms. The molecule has 2 aliphatic rings. The van der Waals surface area contributed by atoms with Crippen LogP contribution in [-0.2, 0) is 0 Å². The Hall–Kier alpha value is -3.49. The standard InChI is InChI=1S/C24H19ClN4O3S/c1-30-17-7-5-13(10-18(17)31-2)22-20-21(28-24-26-12-27-29(22)24)15-11-14(25)6-8-16(15)32-23(20)19-4-3-9-33-19/h3-12,22-23H,1-2H3,(H,26,27,28). The lowest BCUT2D eigenvalue weighted by Crippen LogP contribution is -2.32. The van der Waals surface area contributed by atoms with Gasteiger partial charge in [0.05, 0.1) is 19.9 Å². The van der Waals surface area contributed by atoms with Gasteiger partial charge in [-0.05, 0) is 47.3 Å². The summed E-state index contributed by atoms with van der Waals surface area (Å²) in [7, 11) is 3.26. The summed E-state index contributed by atoms with van der Waals surface area (Å²) in [5.74, 6) is 2.72. The highest BCUT2D eigenvalue weighted by molar-refractivity contribution is 7.10. The molecule has 2 atom stereocenters. The molecule has 9 heteroatoms. The third kappa shape index (κ3) is 3.17. The highest BCUT2D eigenvalue weighted by Crippen LogP contribution is 2.52. The van der Waals surface area contributed by atoms with Gasteiger partial charge in [-0.3, -0.25) is 0 Å². The molecule has 0 amide bonds. The summed E-state index contributed by atoms with van der Waals surface area (Å²) in [5, 5.41) is 10.7. The van der Waals surface area contributed by atoms with Crippen molar-refractivity contribution in [1.29, 1.82) is 0 Å². The number of aromatic nitrogens is 3. The van der Waals surface area contributed by atoms with Gasteiger partial charge in [0.25, 0.3) is 0 Å². The van der Waals surface area contributed by atoms with Gasteiger partial charge in [0.1, 0.15) is 18.1 Å². The van der Waals surface area contributed by atoms with Crippen LogP contribution in [0.1, 0.15) is 28.1 Å². The van der Waals surface area contributed by atoms with E-state index in [1.807, 2.05) is 47.1 Å². The summed E-state index contributed by atoms with van der Waals surface area (Å²) in [6.45, 7) is 0. The molecule has 0 fully saturated rings. The van der Waals surface area contributed by atoms with Gasteiger partial charge in [-0.1, -0.05) is 23.7 Å². The van der Waals surface area contributed by atoms with Crippen molar-refractivity contribution in [2.45, 2.75) is 12.1 Å². The number of hydrogen-bond donors (Lipinski definition) is 1. The zero-order valence-electron chi connectivity index (χ0n) is 17.8. The number of nitrogens with one attached hydrogen (secondary N) is 1. The molecule has 0 radical (unpaired) electrons. The van der Waals surface area contributed by atoms with Crippen LogP contribution in [0.25, 0.3) is 5.70 Å². The van der Waals surface area contributed by atoms with Gasteiger partial charge in [-0.15, -0.1) is 11.3 Å². The SMILES string of the molecule is COc1ccc(C2C3=C(Nc4ncnn42)c2cc(Cl)ccc2OC3c2cccs2)cc1OC. The maximum atomic E-state index is 6.58. The summed E-state index contributed by atoms with van der Waals surface area (Å²) < 4.78 is 19.5. The number of thiophene rings is 1. The van der Waals surface area contributed by atoms with Gasteiger partial charge >= 0.3 is 0 Å². The Kier molecular flexibility index (Phi) is 4.78. The van der Waals surface area contributed by atoms with E-state index in [1.165, 1.54) is 0 Å². The van der Waals surface area contributed by atoms with Gasteiger partial charge in [0.2, 0.25) is 5.95 Å². The van der Waals surface area contributed by atoms with Gasteiger partial charge in [-0.25, -0.2) is 4.68 Å². The summed E-state index contributed by atoms with van der Waals surface area (Å²) in [6.07, 6.45) is 1.24. The molecular formula is C24H19ClN4O3S. The van der Waals surface area contributed by atoms with Crippen molar-refractivity contribution in [3.63, 3.8) is 0 Å². The lowest BCUT2D eigenvalue weighted by atomic mass is 9.86. The number of anilines is 1. The number of ether oxygens (including phenoxy) is 3. The van der Waals surface area contributed by atoms with Crippen molar-refractivity contribution in [2.75, 3.05) is 19.5 Å². The summed E-state index contributed by atoms with van der Waals surface area (Å²) >= 11 is 8.04. The Morgan fingerprint density at radius 1 is 1.09 bits per heavy atom. The van der Waals surface area contributed by atoms with E-state index in [1.54, 1.807) is 31.9 Å². The van der Waals surface area contributed by atoms with Crippen LogP contribution < -0.4 is 19.5 Å². The molecule has 2 unspecified atom stereocenters. The highest BCUT2D eigenvalue weighted by atomic mass is 35.5. The number of halogens is 1. The molecular weight excluding hydrogens is 460 g/mol. The molecule has 2 aliphatic heterocycles. The van der Waals surface area contributed by atoms with Crippen LogP contribution in [0.4, 0.5) is 5.95 Å². The second-order valence-electron chi connectivity index (χ2n) is 7.65. The average molecular weight is 479 g/mol. The highest BCUT2D eigenvalue weighted by Gasteiger charge is 2.41. The smallest absolute Gasteiger partial charge is 0.226 e. The van der Waals surface area contributed by atoms with Crippen LogP contribution in [0.15, 0.2) is 65.8 Å². The second-order valence-corrected chi connectivity index (χ2v) is 9.07. The first-order chi connectivity index (χ1) is 16.2. The van der Waals surface area contributed by atoms with Crippen LogP contribution in [0.3, 0.4) is 0 Å². The molecule has 7 nitrogen and oxygen atoms in total. The topological polar surface area (TPSA) is 70.4 Å². The van der Waals surface area contributed by atoms with Crippen LogP contribution in [-0.4, -0.2) is 29.0 Å². The quantitative estimate of drug-likeness (QED) is 0.413. The number of nitrogens with zero attached hydrogens (tertiary/aromatic N) is 3. The van der Waals surface area contributed by atoms with Crippen molar-refractivity contribution in [3.8, 4) is 17.2 Å². The first-order valence-corrected chi connectivity index (χ1v) is 11.6. The molecule has 4 aromatic rings. The average Bonchev–Trinajstić information content (AvgIpc) is 3.54. The Morgan fingerprint density at radius 2 is 1.97 bits per heavy atom. The van der Waals surface area contributed by atoms with Crippen LogP contribution in [0.5, 0.6) is 17.2 Å². The van der Waals surface area contributed by atoms with Crippen molar-refractivity contribution in [1.82, 2.24) is 14.8 Å². The second kappa shape index (κ2) is 7.83. The Bertz CT molecular complexity index is 1380. The van der Waals surface area contributed by atoms with E-state index in [2.05, 4.69) is 26.8 Å². The number of methoxy groups -OCH3 is 2. The predicted octanol–water partition coefficient (Wildman–Crippen LogP) is 5.57. The number of fused-ring (bicyclic) bond motifs is 3. The summed E-state index contributed by atoms with van der Waals surface area (Å²) in [4.78, 5) is 5.56. The summed E-state index contributed by atoms with van der Waals surface area (Å²) in [5.41, 5.74) is 3.82. The Morgan fingerprint density at radius 3 is 2.76 bits per heavy atom. The van der Waals surface area contributed by atoms with E-state index in [4.69, 9.17) is 25.8 Å². The van der Waals surface area contributed by atoms with Gasteiger partial charge in [0.15, 0.2) is 17.6 Å². The lowest BCUT2D eigenvalue weighted by Gasteiger charge is -2.38. The molecule has 4 heterocycles. The van der Waals surface area contributed by atoms with Crippen LogP contribution >= 0.6 is 22.9 Å². The number of benzene rings is 2. The fourth-order valence-electron chi connectivity index (χ4n) is 4.46. The fraction of sp³-hybridized carbons (Fsp3) is 0.167. The van der Waals surface area contributed by atoms with Crippen molar-refractivity contribution in [3.05, 3.63) is 86.8 Å². The maximum Gasteiger partial charge on any atom is 0.226 e. The molecule has 0 bridgehead atoms. The Balaban J connectivity index is 1.63. The lowest BCUT2D eigenvalue weighted by molar-refractivity contribution is 0.226. The minimum atomic E-state index is -0.309. The predicted molar refractivity (Wildman–Crippen MR) is 127 cm³/mol. The van der Waals surface area contributed by atoms with Crippen molar-refractivity contribution in [2.24, 2.45) is 0 Å². The monoisotopic (exact) mass is 478 g/mol. The minimum Gasteiger partial charge on any atom is -0.493 e. The minimum absolute atomic E-state index is 0.280. The van der Waals surface area contributed by atoms with E-state index in [0.29, 0.717) is 22.5 Å². The van der Waals surface area contributed by atoms with Crippen LogP contribution in [0.2, 0.25) is 5.02 Å². The zero-order valence-corrected chi connectivity index (χ0v) is 19.4.